The fourth-order valence-electron chi connectivity index (χ4n) is 2.11. The fourth-order valence-corrected chi connectivity index (χ4v) is 2.35. The summed E-state index contributed by atoms with van der Waals surface area (Å²) in [6, 6.07) is 7.30. The zero-order valence-corrected chi connectivity index (χ0v) is 12.9. The van der Waals surface area contributed by atoms with Gasteiger partial charge in [-0.15, -0.1) is 0 Å². The summed E-state index contributed by atoms with van der Waals surface area (Å²) in [5, 5.41) is 0.221. The van der Waals surface area contributed by atoms with Crippen LogP contribution in [0, 0.1) is 5.92 Å². The number of benzene rings is 1. The maximum atomic E-state index is 12.2. The van der Waals surface area contributed by atoms with Gasteiger partial charge >= 0.3 is 5.97 Å². The second-order valence-electron chi connectivity index (χ2n) is 4.45. The normalized spacial score (nSPS) is 17.9. The molecule has 0 aromatic heterocycles. The molecule has 0 spiro atoms. The Morgan fingerprint density at radius 1 is 1.29 bits per heavy atom. The highest BCUT2D eigenvalue weighted by Crippen LogP contribution is 2.21. The van der Waals surface area contributed by atoms with E-state index in [9.17, 15) is 4.79 Å². The van der Waals surface area contributed by atoms with Gasteiger partial charge < -0.3 is 9.47 Å². The Morgan fingerprint density at radius 3 is 2.52 bits per heavy atom. The Hall–Kier alpha value is -2.08. The van der Waals surface area contributed by atoms with E-state index >= 15 is 0 Å². The summed E-state index contributed by atoms with van der Waals surface area (Å²) < 4.78 is 10.2. The molecule has 5 nitrogen and oxygen atoms in total. The minimum absolute atomic E-state index is 0.221. The first-order valence-electron chi connectivity index (χ1n) is 6.55. The van der Waals surface area contributed by atoms with Crippen LogP contribution in [0.25, 0.3) is 0 Å². The minimum atomic E-state index is -0.620. The van der Waals surface area contributed by atoms with Crippen LogP contribution in [0.2, 0.25) is 0 Å². The van der Waals surface area contributed by atoms with E-state index in [1.807, 2.05) is 24.3 Å². The van der Waals surface area contributed by atoms with Gasteiger partial charge in [-0.2, -0.15) is 0 Å². The summed E-state index contributed by atoms with van der Waals surface area (Å²) in [5.74, 6) is -0.253. The third kappa shape index (κ3) is 3.33. The van der Waals surface area contributed by atoms with Gasteiger partial charge in [-0.3, -0.25) is 4.79 Å². The number of esters is 1. The number of nitrogens with zero attached hydrogens (tertiary/aromatic N) is 2. The van der Waals surface area contributed by atoms with Crippen LogP contribution in [0.4, 0.5) is 0 Å². The van der Waals surface area contributed by atoms with E-state index in [2.05, 4.69) is 9.98 Å². The van der Waals surface area contributed by atoms with Crippen LogP contribution in [0.3, 0.4) is 0 Å². The van der Waals surface area contributed by atoms with E-state index in [4.69, 9.17) is 21.7 Å². The number of hydrogen-bond donors (Lipinski definition) is 0. The summed E-state index contributed by atoms with van der Waals surface area (Å²) in [7, 11) is 1.60. The molecule has 0 amide bonds. The first kappa shape index (κ1) is 15.3. The number of thiocarbonyl (C=S) groups is 1. The van der Waals surface area contributed by atoms with Crippen LogP contribution < -0.4 is 4.74 Å². The van der Waals surface area contributed by atoms with E-state index < -0.39 is 5.92 Å². The van der Waals surface area contributed by atoms with Crippen molar-refractivity contribution in [3.63, 3.8) is 0 Å². The lowest BCUT2D eigenvalue weighted by Gasteiger charge is -2.21. The van der Waals surface area contributed by atoms with Crippen LogP contribution >= 0.6 is 12.2 Å². The van der Waals surface area contributed by atoms with Crippen molar-refractivity contribution in [2.24, 2.45) is 15.9 Å². The SMILES string of the molecule is CCOC(=O)C1C(C)=NC(=S)N=C1c1ccc(OC)cc1. The van der Waals surface area contributed by atoms with Crippen LogP contribution in [0.15, 0.2) is 34.3 Å². The van der Waals surface area contributed by atoms with Gasteiger partial charge in [-0.25, -0.2) is 9.98 Å². The largest absolute Gasteiger partial charge is 0.497 e. The third-order valence-electron chi connectivity index (χ3n) is 3.09. The zero-order chi connectivity index (χ0) is 15.4. The lowest BCUT2D eigenvalue weighted by molar-refractivity contribution is -0.143. The van der Waals surface area contributed by atoms with Crippen LogP contribution in [0.1, 0.15) is 19.4 Å². The molecule has 0 aliphatic carbocycles. The molecule has 0 saturated carbocycles. The van der Waals surface area contributed by atoms with Gasteiger partial charge in [0.25, 0.3) is 0 Å². The lowest BCUT2D eigenvalue weighted by Crippen LogP contribution is -2.36. The van der Waals surface area contributed by atoms with Crippen molar-refractivity contribution in [1.82, 2.24) is 0 Å². The van der Waals surface area contributed by atoms with Gasteiger partial charge in [0.2, 0.25) is 5.11 Å². The topological polar surface area (TPSA) is 60.2 Å². The summed E-state index contributed by atoms with van der Waals surface area (Å²) in [6.45, 7) is 3.83. The number of carbonyl (C=O) groups is 1. The molecule has 1 aliphatic rings. The van der Waals surface area contributed by atoms with E-state index in [0.717, 1.165) is 11.3 Å². The second kappa shape index (κ2) is 6.58. The van der Waals surface area contributed by atoms with E-state index in [-0.39, 0.29) is 11.1 Å². The molecule has 21 heavy (non-hydrogen) atoms. The van der Waals surface area contributed by atoms with Gasteiger partial charge in [-0.05, 0) is 55.9 Å². The molecular weight excluding hydrogens is 288 g/mol. The number of methoxy groups -OCH3 is 1. The lowest BCUT2D eigenvalue weighted by atomic mass is 9.92. The monoisotopic (exact) mass is 304 g/mol. The average Bonchev–Trinajstić information content (AvgIpc) is 2.46. The van der Waals surface area contributed by atoms with Crippen molar-refractivity contribution < 1.29 is 14.3 Å². The van der Waals surface area contributed by atoms with E-state index in [1.54, 1.807) is 21.0 Å². The van der Waals surface area contributed by atoms with Gasteiger partial charge in [0.1, 0.15) is 11.7 Å². The molecule has 6 heteroatoms. The van der Waals surface area contributed by atoms with Gasteiger partial charge in [0.15, 0.2) is 0 Å². The van der Waals surface area contributed by atoms with Gasteiger partial charge in [0.05, 0.1) is 19.4 Å². The Bertz CT molecular complexity index is 620. The summed E-state index contributed by atoms with van der Waals surface area (Å²) in [5.41, 5.74) is 1.96. The standard InChI is InChI=1S/C15H16N2O3S/c1-4-20-14(18)12-9(2)16-15(21)17-13(12)10-5-7-11(19-3)8-6-10/h5-8,12H,4H2,1-3H3. The molecule has 0 bridgehead atoms. The van der Waals surface area contributed by atoms with Gasteiger partial charge in [0, 0.05) is 5.71 Å². The van der Waals surface area contributed by atoms with Gasteiger partial charge in [-0.1, -0.05) is 0 Å². The predicted molar refractivity (Wildman–Crippen MR) is 85.4 cm³/mol. The second-order valence-corrected chi connectivity index (χ2v) is 4.81. The predicted octanol–water partition coefficient (Wildman–Crippen LogP) is 2.42. The summed E-state index contributed by atoms with van der Waals surface area (Å²) in [6.07, 6.45) is 0. The molecule has 0 radical (unpaired) electrons. The third-order valence-corrected chi connectivity index (χ3v) is 3.27. The molecule has 1 aliphatic heterocycles. The van der Waals surface area contributed by atoms with E-state index in [1.165, 1.54) is 0 Å². The van der Waals surface area contributed by atoms with Crippen molar-refractivity contribution >= 4 is 34.7 Å². The fraction of sp³-hybridized carbons (Fsp3) is 0.333. The van der Waals surface area contributed by atoms with Crippen molar-refractivity contribution in [1.29, 1.82) is 0 Å². The number of aliphatic imine (C=N–C) groups is 2. The van der Waals surface area contributed by atoms with Crippen molar-refractivity contribution in [2.45, 2.75) is 13.8 Å². The maximum absolute atomic E-state index is 12.2. The molecule has 1 aromatic rings. The first-order valence-corrected chi connectivity index (χ1v) is 6.96. The van der Waals surface area contributed by atoms with Crippen molar-refractivity contribution in [3.8, 4) is 5.75 Å². The molecule has 1 atom stereocenters. The van der Waals surface area contributed by atoms with Crippen LogP contribution in [-0.4, -0.2) is 36.2 Å². The smallest absolute Gasteiger partial charge is 0.320 e. The molecule has 2 rings (SSSR count). The number of carbonyl (C=O) groups excluding carboxylic acids is 1. The highest BCUT2D eigenvalue weighted by molar-refractivity contribution is 7.80. The molecule has 0 N–H and O–H groups in total. The molecule has 1 heterocycles. The summed E-state index contributed by atoms with van der Waals surface area (Å²) in [4.78, 5) is 20.5. The Labute approximate surface area is 128 Å². The molecule has 0 saturated heterocycles. The highest BCUT2D eigenvalue weighted by Gasteiger charge is 2.32. The Morgan fingerprint density at radius 2 is 1.95 bits per heavy atom. The van der Waals surface area contributed by atoms with Crippen LogP contribution in [0.5, 0.6) is 5.75 Å². The van der Waals surface area contributed by atoms with Crippen molar-refractivity contribution in [3.05, 3.63) is 29.8 Å². The quantitative estimate of drug-likeness (QED) is 0.633. The Kier molecular flexibility index (Phi) is 4.80. The minimum Gasteiger partial charge on any atom is -0.497 e. The zero-order valence-electron chi connectivity index (χ0n) is 12.1. The van der Waals surface area contributed by atoms with E-state index in [0.29, 0.717) is 18.0 Å². The number of hydrogen-bond acceptors (Lipinski definition) is 4. The molecule has 110 valence electrons. The first-order chi connectivity index (χ1) is 10.1. The molecule has 1 aromatic carbocycles. The van der Waals surface area contributed by atoms with Crippen molar-refractivity contribution in [2.75, 3.05) is 13.7 Å². The highest BCUT2D eigenvalue weighted by atomic mass is 32.1. The number of ether oxygens (including phenoxy) is 2. The molecule has 1 unspecified atom stereocenters. The molecule has 0 fully saturated rings. The van der Waals surface area contributed by atoms with Crippen LogP contribution in [-0.2, 0) is 9.53 Å². The Balaban J connectivity index is 2.40. The summed E-state index contributed by atoms with van der Waals surface area (Å²) >= 11 is 5.06. The number of rotatable bonds is 4. The molecular formula is C15H16N2O3S. The average molecular weight is 304 g/mol. The maximum Gasteiger partial charge on any atom is 0.320 e.